The molecular weight excluding hydrogens is 302 g/mol. The Morgan fingerprint density at radius 1 is 1.32 bits per heavy atom. The molecule has 2 aliphatic rings. The SMILES string of the molecule is CC(C)(C)OC(=O)n1cccc1C1=CC2CCC(C1)S2(=O)=O. The van der Waals surface area contributed by atoms with Crippen LogP contribution in [-0.4, -0.2) is 35.2 Å². The zero-order valence-corrected chi connectivity index (χ0v) is 13.9. The van der Waals surface area contributed by atoms with Gasteiger partial charge in [-0.3, -0.25) is 4.57 Å². The third-order valence-electron chi connectivity index (χ3n) is 4.16. The van der Waals surface area contributed by atoms with E-state index in [0.29, 0.717) is 19.3 Å². The van der Waals surface area contributed by atoms with Crippen LogP contribution in [0.4, 0.5) is 4.79 Å². The minimum atomic E-state index is -3.02. The van der Waals surface area contributed by atoms with Crippen LogP contribution in [0.3, 0.4) is 0 Å². The standard InChI is InChI=1S/C16H21NO4S/c1-16(2,3)21-15(18)17-8-4-5-14(17)11-9-12-6-7-13(10-11)22(12,19)20/h4-5,8-9,12-13H,6-7,10H2,1-3H3. The van der Waals surface area contributed by atoms with Gasteiger partial charge in [0.25, 0.3) is 0 Å². The molecule has 0 aromatic carbocycles. The largest absolute Gasteiger partial charge is 0.443 e. The van der Waals surface area contributed by atoms with Crippen molar-refractivity contribution in [1.82, 2.24) is 4.57 Å². The van der Waals surface area contributed by atoms with E-state index in [2.05, 4.69) is 0 Å². The van der Waals surface area contributed by atoms with Gasteiger partial charge in [0.1, 0.15) is 5.60 Å². The van der Waals surface area contributed by atoms with Gasteiger partial charge in [0.15, 0.2) is 9.84 Å². The molecule has 0 saturated carbocycles. The van der Waals surface area contributed by atoms with E-state index in [1.807, 2.05) is 32.9 Å². The molecule has 0 N–H and O–H groups in total. The van der Waals surface area contributed by atoms with E-state index in [-0.39, 0.29) is 5.25 Å². The van der Waals surface area contributed by atoms with E-state index in [0.717, 1.165) is 11.3 Å². The fourth-order valence-corrected chi connectivity index (χ4v) is 5.35. The normalized spacial score (nSPS) is 26.6. The predicted molar refractivity (Wildman–Crippen MR) is 84.4 cm³/mol. The molecule has 0 spiro atoms. The highest BCUT2D eigenvalue weighted by molar-refractivity contribution is 7.93. The lowest BCUT2D eigenvalue weighted by Crippen LogP contribution is -2.29. The van der Waals surface area contributed by atoms with Crippen LogP contribution in [0.2, 0.25) is 0 Å². The number of hydrogen-bond donors (Lipinski definition) is 0. The van der Waals surface area contributed by atoms with Crippen LogP contribution in [0, 0.1) is 0 Å². The minimum absolute atomic E-state index is 0.306. The van der Waals surface area contributed by atoms with Crippen LogP contribution in [0.1, 0.15) is 45.7 Å². The van der Waals surface area contributed by atoms with Gasteiger partial charge >= 0.3 is 6.09 Å². The number of ether oxygens (including phenoxy) is 1. The highest BCUT2D eigenvalue weighted by Crippen LogP contribution is 2.40. The van der Waals surface area contributed by atoms with E-state index >= 15 is 0 Å². The van der Waals surface area contributed by atoms with Crippen molar-refractivity contribution in [3.8, 4) is 0 Å². The minimum Gasteiger partial charge on any atom is -0.443 e. The molecule has 0 aliphatic carbocycles. The average molecular weight is 323 g/mol. The first-order valence-electron chi connectivity index (χ1n) is 7.53. The molecular formula is C16H21NO4S. The van der Waals surface area contributed by atoms with Gasteiger partial charge in [-0.2, -0.15) is 0 Å². The van der Waals surface area contributed by atoms with Crippen molar-refractivity contribution in [2.45, 2.75) is 56.1 Å². The van der Waals surface area contributed by atoms with Crippen LogP contribution < -0.4 is 0 Å². The Bertz CT molecular complexity index is 736. The molecule has 2 atom stereocenters. The van der Waals surface area contributed by atoms with Crippen molar-refractivity contribution >= 4 is 21.5 Å². The number of sulfone groups is 1. The Labute approximate surface area is 130 Å². The number of carbonyl (C=O) groups excluding carboxylic acids is 1. The molecule has 1 aromatic rings. The van der Waals surface area contributed by atoms with Gasteiger partial charge in [-0.25, -0.2) is 13.2 Å². The molecule has 2 unspecified atom stereocenters. The highest BCUT2D eigenvalue weighted by atomic mass is 32.2. The quantitative estimate of drug-likeness (QED) is 0.797. The van der Waals surface area contributed by atoms with E-state index in [9.17, 15) is 13.2 Å². The maximum atomic E-state index is 12.3. The lowest BCUT2D eigenvalue weighted by molar-refractivity contribution is 0.0536. The number of aromatic nitrogens is 1. The number of carbonyl (C=O) groups is 1. The monoisotopic (exact) mass is 323 g/mol. The molecule has 2 bridgehead atoms. The maximum Gasteiger partial charge on any atom is 0.418 e. The molecule has 120 valence electrons. The molecule has 1 fully saturated rings. The average Bonchev–Trinajstić information content (AvgIpc) is 2.87. The van der Waals surface area contributed by atoms with Gasteiger partial charge < -0.3 is 4.74 Å². The van der Waals surface area contributed by atoms with Gasteiger partial charge in [0.2, 0.25) is 0 Å². The van der Waals surface area contributed by atoms with Crippen molar-refractivity contribution < 1.29 is 17.9 Å². The molecule has 3 heterocycles. The summed E-state index contributed by atoms with van der Waals surface area (Å²) in [4.78, 5) is 12.3. The molecule has 3 rings (SSSR count). The van der Waals surface area contributed by atoms with Gasteiger partial charge in [-0.1, -0.05) is 6.08 Å². The summed E-state index contributed by atoms with van der Waals surface area (Å²) in [5, 5.41) is -0.706. The van der Waals surface area contributed by atoms with Crippen LogP contribution >= 0.6 is 0 Å². The topological polar surface area (TPSA) is 65.4 Å². The molecule has 6 heteroatoms. The lowest BCUT2D eigenvalue weighted by Gasteiger charge is -2.23. The van der Waals surface area contributed by atoms with Crippen LogP contribution in [0.5, 0.6) is 0 Å². The van der Waals surface area contributed by atoms with Gasteiger partial charge in [0, 0.05) is 6.20 Å². The second-order valence-corrected chi connectivity index (χ2v) is 9.42. The third kappa shape index (κ3) is 2.60. The zero-order valence-electron chi connectivity index (χ0n) is 13.1. The fourth-order valence-electron chi connectivity index (χ4n) is 3.16. The first kappa shape index (κ1) is 15.3. The summed E-state index contributed by atoms with van der Waals surface area (Å²) < 4.78 is 31.2. The first-order chi connectivity index (χ1) is 10.2. The maximum absolute atomic E-state index is 12.3. The number of allylic oxidation sites excluding steroid dienone is 1. The smallest absolute Gasteiger partial charge is 0.418 e. The summed E-state index contributed by atoms with van der Waals surface area (Å²) in [7, 11) is -3.02. The van der Waals surface area contributed by atoms with Crippen molar-refractivity contribution in [2.75, 3.05) is 0 Å². The van der Waals surface area contributed by atoms with Crippen LogP contribution in [0.25, 0.3) is 5.57 Å². The third-order valence-corrected chi connectivity index (χ3v) is 6.71. The summed E-state index contributed by atoms with van der Waals surface area (Å²) in [6.45, 7) is 5.46. The number of hydrogen-bond acceptors (Lipinski definition) is 4. The van der Waals surface area contributed by atoms with Crippen molar-refractivity contribution in [3.05, 3.63) is 30.1 Å². The molecule has 1 saturated heterocycles. The van der Waals surface area contributed by atoms with Crippen molar-refractivity contribution in [2.24, 2.45) is 0 Å². The number of rotatable bonds is 1. The van der Waals surface area contributed by atoms with Crippen LogP contribution in [-0.2, 0) is 14.6 Å². The summed E-state index contributed by atoms with van der Waals surface area (Å²) in [6.07, 6.45) is 4.91. The van der Waals surface area contributed by atoms with E-state index in [1.165, 1.54) is 4.57 Å². The Morgan fingerprint density at radius 3 is 2.68 bits per heavy atom. The Hall–Kier alpha value is -1.56. The molecule has 0 amide bonds. The summed E-state index contributed by atoms with van der Waals surface area (Å²) in [5.41, 5.74) is 1.10. The van der Waals surface area contributed by atoms with Crippen molar-refractivity contribution in [3.63, 3.8) is 0 Å². The Balaban J connectivity index is 1.92. The molecule has 2 aliphatic heterocycles. The van der Waals surface area contributed by atoms with Gasteiger partial charge in [-0.05, 0) is 57.7 Å². The molecule has 0 radical (unpaired) electrons. The zero-order chi connectivity index (χ0) is 16.1. The van der Waals surface area contributed by atoms with Gasteiger partial charge in [0.05, 0.1) is 16.2 Å². The van der Waals surface area contributed by atoms with E-state index in [4.69, 9.17) is 4.74 Å². The first-order valence-corrected chi connectivity index (χ1v) is 9.14. The van der Waals surface area contributed by atoms with Crippen LogP contribution in [0.15, 0.2) is 24.4 Å². The van der Waals surface area contributed by atoms with Gasteiger partial charge in [-0.15, -0.1) is 0 Å². The number of fused-ring (bicyclic) bond motifs is 2. The van der Waals surface area contributed by atoms with Crippen molar-refractivity contribution in [1.29, 1.82) is 0 Å². The number of nitrogens with zero attached hydrogens (tertiary/aromatic N) is 1. The summed E-state index contributed by atoms with van der Waals surface area (Å²) >= 11 is 0. The second-order valence-electron chi connectivity index (χ2n) is 6.97. The Kier molecular flexibility index (Phi) is 3.47. The fraction of sp³-hybridized carbons (Fsp3) is 0.562. The predicted octanol–water partition coefficient (Wildman–Crippen LogP) is 3.00. The molecule has 22 heavy (non-hydrogen) atoms. The molecule has 5 nitrogen and oxygen atoms in total. The summed E-state index contributed by atoms with van der Waals surface area (Å²) in [5.74, 6) is 0. The lowest BCUT2D eigenvalue weighted by atomic mass is 10.1. The molecule has 1 aromatic heterocycles. The highest BCUT2D eigenvalue weighted by Gasteiger charge is 2.43. The Morgan fingerprint density at radius 2 is 2.05 bits per heavy atom. The second kappa shape index (κ2) is 4.98. The van der Waals surface area contributed by atoms with E-state index < -0.39 is 26.8 Å². The van der Waals surface area contributed by atoms with E-state index in [1.54, 1.807) is 12.3 Å². The summed E-state index contributed by atoms with van der Waals surface area (Å²) in [6, 6.07) is 3.62.